The Bertz CT molecular complexity index is 201. The van der Waals surface area contributed by atoms with E-state index in [0.717, 1.165) is 19.3 Å². The van der Waals surface area contributed by atoms with Crippen LogP contribution in [-0.2, 0) is 4.79 Å². The number of hydrogen-bond donors (Lipinski definition) is 1. The molecule has 1 aliphatic carbocycles. The minimum absolute atomic E-state index is 0.132. The second-order valence-electron chi connectivity index (χ2n) is 3.14. The van der Waals surface area contributed by atoms with Crippen LogP contribution in [0.4, 0.5) is 0 Å². The Morgan fingerprint density at radius 1 is 1.64 bits per heavy atom. The standard InChI is InChI=1S/C8H11NO2/c9-6-8(3-1-4-8)5-2-7(10)11/h1-5H2,(H,10,11). The van der Waals surface area contributed by atoms with E-state index in [1.165, 1.54) is 0 Å². The van der Waals surface area contributed by atoms with Crippen LogP contribution in [0.5, 0.6) is 0 Å². The topological polar surface area (TPSA) is 61.1 Å². The summed E-state index contributed by atoms with van der Waals surface area (Å²) < 4.78 is 0. The van der Waals surface area contributed by atoms with Crippen molar-refractivity contribution < 1.29 is 9.90 Å². The van der Waals surface area contributed by atoms with Gasteiger partial charge in [-0.05, 0) is 19.3 Å². The highest BCUT2D eigenvalue weighted by Crippen LogP contribution is 2.43. The molecule has 0 radical (unpaired) electrons. The van der Waals surface area contributed by atoms with Crippen molar-refractivity contribution in [2.24, 2.45) is 5.41 Å². The van der Waals surface area contributed by atoms with Gasteiger partial charge in [-0.2, -0.15) is 5.26 Å². The minimum atomic E-state index is -0.800. The number of hydrogen-bond acceptors (Lipinski definition) is 2. The predicted molar refractivity (Wildman–Crippen MR) is 38.8 cm³/mol. The summed E-state index contributed by atoms with van der Waals surface area (Å²) in [5.41, 5.74) is -0.279. The molecule has 0 saturated heterocycles. The second kappa shape index (κ2) is 2.91. The van der Waals surface area contributed by atoms with Crippen LogP contribution >= 0.6 is 0 Å². The molecule has 0 amide bonds. The van der Waals surface area contributed by atoms with Gasteiger partial charge in [-0.15, -0.1) is 0 Å². The number of carboxylic acids is 1. The third-order valence-electron chi connectivity index (χ3n) is 2.37. The fraction of sp³-hybridized carbons (Fsp3) is 0.750. The first-order valence-electron chi connectivity index (χ1n) is 3.82. The molecule has 0 aromatic heterocycles. The van der Waals surface area contributed by atoms with Crippen LogP contribution in [0.15, 0.2) is 0 Å². The molecule has 60 valence electrons. The van der Waals surface area contributed by atoms with Crippen molar-refractivity contribution in [1.29, 1.82) is 5.26 Å². The van der Waals surface area contributed by atoms with Crippen molar-refractivity contribution in [3.8, 4) is 6.07 Å². The van der Waals surface area contributed by atoms with Crippen molar-refractivity contribution in [1.82, 2.24) is 0 Å². The number of carbonyl (C=O) groups is 1. The molecule has 0 spiro atoms. The van der Waals surface area contributed by atoms with Gasteiger partial charge in [0.15, 0.2) is 0 Å². The van der Waals surface area contributed by atoms with Crippen LogP contribution in [0.1, 0.15) is 32.1 Å². The molecule has 3 heteroatoms. The lowest BCUT2D eigenvalue weighted by Gasteiger charge is -2.34. The fourth-order valence-corrected chi connectivity index (χ4v) is 1.37. The average molecular weight is 153 g/mol. The van der Waals surface area contributed by atoms with E-state index in [-0.39, 0.29) is 11.8 Å². The average Bonchev–Trinajstić information content (AvgIpc) is 1.86. The van der Waals surface area contributed by atoms with Crippen molar-refractivity contribution in [3.63, 3.8) is 0 Å². The highest BCUT2D eigenvalue weighted by atomic mass is 16.4. The second-order valence-corrected chi connectivity index (χ2v) is 3.14. The first-order chi connectivity index (χ1) is 5.18. The summed E-state index contributed by atoms with van der Waals surface area (Å²) in [4.78, 5) is 10.2. The lowest BCUT2D eigenvalue weighted by atomic mass is 9.67. The maximum absolute atomic E-state index is 10.2. The van der Waals surface area contributed by atoms with Gasteiger partial charge in [-0.1, -0.05) is 6.42 Å². The number of nitrogens with zero attached hydrogens (tertiary/aromatic N) is 1. The molecule has 0 unspecified atom stereocenters. The zero-order chi connectivity index (χ0) is 8.32. The Hall–Kier alpha value is -1.04. The van der Waals surface area contributed by atoms with E-state index in [0.29, 0.717) is 6.42 Å². The van der Waals surface area contributed by atoms with Gasteiger partial charge in [0, 0.05) is 6.42 Å². The first kappa shape index (κ1) is 8.06. The summed E-state index contributed by atoms with van der Waals surface area (Å²) in [6.45, 7) is 0. The molecule has 1 N–H and O–H groups in total. The molecule has 0 atom stereocenters. The first-order valence-corrected chi connectivity index (χ1v) is 3.82. The zero-order valence-electron chi connectivity index (χ0n) is 6.34. The lowest BCUT2D eigenvalue weighted by molar-refractivity contribution is -0.137. The van der Waals surface area contributed by atoms with E-state index < -0.39 is 5.97 Å². The van der Waals surface area contributed by atoms with Gasteiger partial charge in [0.05, 0.1) is 11.5 Å². The summed E-state index contributed by atoms with van der Waals surface area (Å²) >= 11 is 0. The number of carboxylic acid groups (broad SMARTS) is 1. The van der Waals surface area contributed by atoms with Gasteiger partial charge in [-0.3, -0.25) is 4.79 Å². The third-order valence-corrected chi connectivity index (χ3v) is 2.37. The summed E-state index contributed by atoms with van der Waals surface area (Å²) in [7, 11) is 0. The lowest BCUT2D eigenvalue weighted by Crippen LogP contribution is -2.28. The largest absolute Gasteiger partial charge is 0.481 e. The van der Waals surface area contributed by atoms with Crippen LogP contribution in [0.25, 0.3) is 0 Å². The monoisotopic (exact) mass is 153 g/mol. The van der Waals surface area contributed by atoms with Crippen LogP contribution in [0.2, 0.25) is 0 Å². The summed E-state index contributed by atoms with van der Waals surface area (Å²) in [6, 6.07) is 2.21. The normalized spacial score (nSPS) is 19.9. The van der Waals surface area contributed by atoms with E-state index in [4.69, 9.17) is 10.4 Å². The fourth-order valence-electron chi connectivity index (χ4n) is 1.37. The van der Waals surface area contributed by atoms with Crippen LogP contribution in [0.3, 0.4) is 0 Å². The van der Waals surface area contributed by atoms with Crippen LogP contribution in [-0.4, -0.2) is 11.1 Å². The van der Waals surface area contributed by atoms with Gasteiger partial charge >= 0.3 is 5.97 Å². The molecular weight excluding hydrogens is 142 g/mol. The maximum Gasteiger partial charge on any atom is 0.303 e. The van der Waals surface area contributed by atoms with E-state index in [2.05, 4.69) is 6.07 Å². The van der Waals surface area contributed by atoms with E-state index in [1.54, 1.807) is 0 Å². The molecule has 0 bridgehead atoms. The summed E-state index contributed by atoms with van der Waals surface area (Å²) in [5.74, 6) is -0.800. The SMILES string of the molecule is N#CC1(CCC(=O)O)CCC1. The van der Waals surface area contributed by atoms with Gasteiger partial charge in [0.1, 0.15) is 0 Å². The molecular formula is C8H11NO2. The van der Waals surface area contributed by atoms with Crippen molar-refractivity contribution in [2.75, 3.05) is 0 Å². The molecule has 0 aliphatic heterocycles. The Balaban J connectivity index is 2.35. The van der Waals surface area contributed by atoms with Crippen molar-refractivity contribution in [2.45, 2.75) is 32.1 Å². The molecule has 0 heterocycles. The van der Waals surface area contributed by atoms with Crippen molar-refractivity contribution in [3.05, 3.63) is 0 Å². The molecule has 11 heavy (non-hydrogen) atoms. The quantitative estimate of drug-likeness (QED) is 0.669. The van der Waals surface area contributed by atoms with E-state index >= 15 is 0 Å². The van der Waals surface area contributed by atoms with E-state index in [1.807, 2.05) is 0 Å². The molecule has 1 aliphatic rings. The Morgan fingerprint density at radius 3 is 2.55 bits per heavy atom. The molecule has 0 aromatic carbocycles. The molecule has 0 aromatic rings. The van der Waals surface area contributed by atoms with Gasteiger partial charge in [-0.25, -0.2) is 0 Å². The number of rotatable bonds is 3. The Morgan fingerprint density at radius 2 is 2.27 bits per heavy atom. The number of aliphatic carboxylic acids is 1. The summed E-state index contributed by atoms with van der Waals surface area (Å²) in [5, 5.41) is 17.1. The Kier molecular flexibility index (Phi) is 2.13. The molecule has 1 saturated carbocycles. The van der Waals surface area contributed by atoms with Crippen LogP contribution < -0.4 is 0 Å². The van der Waals surface area contributed by atoms with Crippen LogP contribution in [0, 0.1) is 16.7 Å². The van der Waals surface area contributed by atoms with Gasteiger partial charge in [0.25, 0.3) is 0 Å². The van der Waals surface area contributed by atoms with Crippen molar-refractivity contribution >= 4 is 5.97 Å². The third kappa shape index (κ3) is 1.70. The summed E-state index contributed by atoms with van der Waals surface area (Å²) in [6.07, 6.45) is 3.51. The highest BCUT2D eigenvalue weighted by Gasteiger charge is 2.36. The van der Waals surface area contributed by atoms with Gasteiger partial charge < -0.3 is 5.11 Å². The van der Waals surface area contributed by atoms with E-state index in [9.17, 15) is 4.79 Å². The Labute approximate surface area is 65.6 Å². The minimum Gasteiger partial charge on any atom is -0.481 e. The predicted octanol–water partition coefficient (Wildman–Crippen LogP) is 1.55. The van der Waals surface area contributed by atoms with Gasteiger partial charge in [0.2, 0.25) is 0 Å². The molecule has 1 fully saturated rings. The maximum atomic E-state index is 10.2. The molecule has 3 nitrogen and oxygen atoms in total. The zero-order valence-corrected chi connectivity index (χ0v) is 6.34. The highest BCUT2D eigenvalue weighted by molar-refractivity contribution is 5.66. The number of nitriles is 1. The smallest absolute Gasteiger partial charge is 0.303 e. The molecule has 1 rings (SSSR count).